The van der Waals surface area contributed by atoms with Crippen LogP contribution in [0.2, 0.25) is 0 Å². The average molecular weight is 243 g/mol. The number of amides is 1. The van der Waals surface area contributed by atoms with Gasteiger partial charge >= 0.3 is 0 Å². The molecule has 1 aliphatic heterocycles. The van der Waals surface area contributed by atoms with Gasteiger partial charge < -0.3 is 0 Å². The number of nitrogens with zero attached hydrogens (tertiary/aromatic N) is 3. The number of aromatic nitrogens is 2. The maximum absolute atomic E-state index is 11.6. The third kappa shape index (κ3) is 2.15. The van der Waals surface area contributed by atoms with E-state index in [2.05, 4.69) is 22.0 Å². The van der Waals surface area contributed by atoms with Crippen LogP contribution in [0, 0.1) is 0 Å². The highest BCUT2D eigenvalue weighted by Gasteiger charge is 2.30. The first-order valence-electron chi connectivity index (χ1n) is 4.90. The van der Waals surface area contributed by atoms with E-state index in [0.717, 1.165) is 5.82 Å². The van der Waals surface area contributed by atoms with Crippen LogP contribution in [0.25, 0.3) is 0 Å². The highest BCUT2D eigenvalue weighted by atomic mass is 32.1. The van der Waals surface area contributed by atoms with Crippen molar-refractivity contribution in [2.24, 2.45) is 0 Å². The van der Waals surface area contributed by atoms with E-state index < -0.39 is 0 Å². The first-order chi connectivity index (χ1) is 7.08. The predicted molar refractivity (Wildman–Crippen MR) is 63.7 cm³/mol. The molecule has 0 N–H and O–H groups in total. The molecule has 1 aromatic rings. The number of hydrogen-bond acceptors (Lipinski definition) is 5. The van der Waals surface area contributed by atoms with Crippen molar-refractivity contribution in [2.75, 3.05) is 11.4 Å². The third-order valence-corrected chi connectivity index (χ3v) is 3.38. The Morgan fingerprint density at radius 1 is 1.60 bits per heavy atom. The molecule has 1 fully saturated rings. The van der Waals surface area contributed by atoms with Crippen LogP contribution in [-0.2, 0) is 4.79 Å². The topological polar surface area (TPSA) is 46.1 Å². The Balaban J connectivity index is 2.19. The Hall–Kier alpha value is -0.620. The fourth-order valence-electron chi connectivity index (χ4n) is 1.44. The summed E-state index contributed by atoms with van der Waals surface area (Å²) in [5.74, 6) is 1.21. The van der Waals surface area contributed by atoms with Crippen molar-refractivity contribution in [3.63, 3.8) is 0 Å². The minimum absolute atomic E-state index is 0.0986. The van der Waals surface area contributed by atoms with Gasteiger partial charge in [0, 0.05) is 35.7 Å². The summed E-state index contributed by atoms with van der Waals surface area (Å²) in [7, 11) is 0. The maximum atomic E-state index is 11.6. The van der Waals surface area contributed by atoms with Crippen LogP contribution in [-0.4, -0.2) is 27.1 Å². The second-order valence-corrected chi connectivity index (χ2v) is 5.41. The van der Waals surface area contributed by atoms with Crippen LogP contribution in [0.3, 0.4) is 0 Å². The van der Waals surface area contributed by atoms with Crippen molar-refractivity contribution < 1.29 is 4.79 Å². The van der Waals surface area contributed by atoms with E-state index >= 15 is 0 Å². The standard InChI is InChI=1S/C9H13N3OS2/c1-5(2)8-10-9(15-11-8)12-4-6(14)3-7(12)13/h5-6,14H,3-4H2,1-2H3. The van der Waals surface area contributed by atoms with E-state index in [1.165, 1.54) is 11.5 Å². The van der Waals surface area contributed by atoms with E-state index in [1.807, 2.05) is 13.8 Å². The van der Waals surface area contributed by atoms with Gasteiger partial charge in [0.15, 0.2) is 0 Å². The zero-order chi connectivity index (χ0) is 11.0. The van der Waals surface area contributed by atoms with Crippen molar-refractivity contribution in [3.8, 4) is 0 Å². The van der Waals surface area contributed by atoms with Gasteiger partial charge in [0.1, 0.15) is 5.82 Å². The Labute approximate surface area is 98.3 Å². The van der Waals surface area contributed by atoms with Gasteiger partial charge in [0.05, 0.1) is 0 Å². The van der Waals surface area contributed by atoms with Crippen molar-refractivity contribution in [3.05, 3.63) is 5.82 Å². The van der Waals surface area contributed by atoms with Gasteiger partial charge in [0.25, 0.3) is 0 Å². The number of carbonyl (C=O) groups excluding carboxylic acids is 1. The molecule has 1 aromatic heterocycles. The minimum atomic E-state index is 0.0986. The van der Waals surface area contributed by atoms with Crippen molar-refractivity contribution in [1.82, 2.24) is 9.36 Å². The summed E-state index contributed by atoms with van der Waals surface area (Å²) in [5, 5.41) is 0.837. The quantitative estimate of drug-likeness (QED) is 0.804. The van der Waals surface area contributed by atoms with Crippen LogP contribution in [0.1, 0.15) is 32.0 Å². The molecule has 1 atom stereocenters. The van der Waals surface area contributed by atoms with Gasteiger partial charge in [-0.05, 0) is 0 Å². The Morgan fingerprint density at radius 2 is 2.33 bits per heavy atom. The normalized spacial score (nSPS) is 21.7. The summed E-state index contributed by atoms with van der Waals surface area (Å²) in [6, 6.07) is 0. The zero-order valence-electron chi connectivity index (χ0n) is 8.67. The molecule has 0 spiro atoms. The lowest BCUT2D eigenvalue weighted by Crippen LogP contribution is -2.24. The molecule has 15 heavy (non-hydrogen) atoms. The summed E-state index contributed by atoms with van der Waals surface area (Å²) in [6.07, 6.45) is 0.500. The monoisotopic (exact) mass is 243 g/mol. The first-order valence-corrected chi connectivity index (χ1v) is 6.19. The molecule has 0 bridgehead atoms. The van der Waals surface area contributed by atoms with Crippen molar-refractivity contribution in [1.29, 1.82) is 0 Å². The highest BCUT2D eigenvalue weighted by Crippen LogP contribution is 2.27. The smallest absolute Gasteiger partial charge is 0.230 e. The molecule has 0 saturated carbocycles. The van der Waals surface area contributed by atoms with E-state index in [0.29, 0.717) is 24.0 Å². The molecular formula is C9H13N3OS2. The fourth-order valence-corrected chi connectivity index (χ4v) is 2.60. The van der Waals surface area contributed by atoms with E-state index in [-0.39, 0.29) is 11.2 Å². The molecule has 0 aliphatic carbocycles. The Bertz CT molecular complexity index is 377. The van der Waals surface area contributed by atoms with E-state index in [1.54, 1.807) is 4.90 Å². The number of rotatable bonds is 2. The van der Waals surface area contributed by atoms with Crippen LogP contribution < -0.4 is 4.90 Å². The lowest BCUT2D eigenvalue weighted by molar-refractivity contribution is -0.117. The highest BCUT2D eigenvalue weighted by molar-refractivity contribution is 7.81. The molecule has 1 unspecified atom stereocenters. The van der Waals surface area contributed by atoms with Crippen LogP contribution in [0.5, 0.6) is 0 Å². The molecule has 2 heterocycles. The number of carbonyl (C=O) groups is 1. The molecule has 0 radical (unpaired) electrons. The molecule has 4 nitrogen and oxygen atoms in total. The molecular weight excluding hydrogens is 230 g/mol. The average Bonchev–Trinajstić information content (AvgIpc) is 2.71. The number of anilines is 1. The lowest BCUT2D eigenvalue weighted by Gasteiger charge is -2.10. The Morgan fingerprint density at radius 3 is 2.80 bits per heavy atom. The van der Waals surface area contributed by atoms with Crippen molar-refractivity contribution >= 4 is 35.2 Å². The van der Waals surface area contributed by atoms with Crippen LogP contribution in [0.4, 0.5) is 5.13 Å². The number of hydrogen-bond donors (Lipinski definition) is 1. The largest absolute Gasteiger partial charge is 0.286 e. The molecule has 1 amide bonds. The molecule has 82 valence electrons. The van der Waals surface area contributed by atoms with E-state index in [9.17, 15) is 4.79 Å². The van der Waals surface area contributed by atoms with E-state index in [4.69, 9.17) is 0 Å². The Kier molecular flexibility index (Phi) is 2.97. The van der Waals surface area contributed by atoms with Gasteiger partial charge in [-0.15, -0.1) is 0 Å². The van der Waals surface area contributed by atoms with Crippen molar-refractivity contribution in [2.45, 2.75) is 31.4 Å². The summed E-state index contributed by atoms with van der Waals surface area (Å²) in [5.41, 5.74) is 0. The van der Waals surface area contributed by atoms with Gasteiger partial charge in [-0.2, -0.15) is 17.0 Å². The summed E-state index contributed by atoms with van der Waals surface area (Å²) < 4.78 is 4.23. The second kappa shape index (κ2) is 4.09. The molecule has 1 aliphatic rings. The fraction of sp³-hybridized carbons (Fsp3) is 0.667. The zero-order valence-corrected chi connectivity index (χ0v) is 10.4. The molecule has 6 heteroatoms. The predicted octanol–water partition coefficient (Wildman–Crippen LogP) is 1.70. The molecule has 0 aromatic carbocycles. The number of thiol groups is 1. The summed E-state index contributed by atoms with van der Waals surface area (Å²) >= 11 is 5.59. The van der Waals surface area contributed by atoms with Gasteiger partial charge in [-0.3, -0.25) is 9.69 Å². The lowest BCUT2D eigenvalue weighted by atomic mass is 10.2. The van der Waals surface area contributed by atoms with Crippen LogP contribution >= 0.6 is 24.2 Å². The second-order valence-electron chi connectivity index (χ2n) is 3.95. The van der Waals surface area contributed by atoms with Gasteiger partial charge in [-0.1, -0.05) is 13.8 Å². The maximum Gasteiger partial charge on any atom is 0.230 e. The summed E-state index contributed by atoms with van der Waals surface area (Å²) in [6.45, 7) is 4.73. The van der Waals surface area contributed by atoms with Gasteiger partial charge in [0.2, 0.25) is 11.0 Å². The van der Waals surface area contributed by atoms with Gasteiger partial charge in [-0.25, -0.2) is 4.98 Å². The summed E-state index contributed by atoms with van der Waals surface area (Å²) in [4.78, 5) is 17.6. The minimum Gasteiger partial charge on any atom is -0.286 e. The molecule has 1 saturated heterocycles. The molecule has 2 rings (SSSR count). The SMILES string of the molecule is CC(C)c1nsc(N2CC(S)CC2=O)n1. The third-order valence-electron chi connectivity index (χ3n) is 2.28. The first kappa shape index (κ1) is 10.9. The van der Waals surface area contributed by atoms with Crippen LogP contribution in [0.15, 0.2) is 0 Å².